The Kier molecular flexibility index (Phi) is 6.24. The molecule has 1 heterocycles. The van der Waals surface area contributed by atoms with Crippen LogP contribution in [0.3, 0.4) is 0 Å². The summed E-state index contributed by atoms with van der Waals surface area (Å²) in [7, 11) is 0. The average Bonchev–Trinajstić information content (AvgIpc) is 2.90. The second kappa shape index (κ2) is 7.92. The lowest BCUT2D eigenvalue weighted by Gasteiger charge is -2.28. The van der Waals surface area contributed by atoms with Crippen LogP contribution in [0.2, 0.25) is 0 Å². The minimum atomic E-state index is -0.190. The fourth-order valence-corrected chi connectivity index (χ4v) is 4.19. The van der Waals surface area contributed by atoms with Gasteiger partial charge in [-0.2, -0.15) is 10.5 Å². The van der Waals surface area contributed by atoms with Gasteiger partial charge in [-0.3, -0.25) is 0 Å². The number of nitrogens with one attached hydrogen (secondary N) is 1. The van der Waals surface area contributed by atoms with Crippen molar-refractivity contribution < 1.29 is 5.11 Å². The Balaban J connectivity index is 2.58. The molecule has 0 atom stereocenters. The minimum Gasteiger partial charge on any atom is -0.507 e. The number of nitriles is 2. The third kappa shape index (κ3) is 4.83. The molecule has 4 nitrogen and oxygen atoms in total. The highest BCUT2D eigenvalue weighted by atomic mass is 32.2. The van der Waals surface area contributed by atoms with Crippen molar-refractivity contribution >= 4 is 23.5 Å². The van der Waals surface area contributed by atoms with Crippen LogP contribution in [-0.2, 0) is 17.3 Å². The van der Waals surface area contributed by atoms with Crippen molar-refractivity contribution in [2.24, 2.45) is 0 Å². The second-order valence-electron chi connectivity index (χ2n) is 8.58. The van der Waals surface area contributed by atoms with E-state index >= 15 is 0 Å². The first-order valence-corrected chi connectivity index (χ1v) is 10.3. The molecule has 0 saturated heterocycles. The molecule has 0 unspecified atom stereocenters. The highest BCUT2D eigenvalue weighted by molar-refractivity contribution is 8.06. The van der Waals surface area contributed by atoms with Gasteiger partial charge in [-0.25, -0.2) is 0 Å². The number of phenolic OH excluding ortho intramolecular Hbond substituents is 1. The van der Waals surface area contributed by atoms with Gasteiger partial charge in [-0.05, 0) is 44.8 Å². The van der Waals surface area contributed by atoms with E-state index in [1.54, 1.807) is 0 Å². The number of hydrogen-bond donors (Lipinski definition) is 2. The van der Waals surface area contributed by atoms with Crippen LogP contribution in [0, 0.1) is 21.3 Å². The van der Waals surface area contributed by atoms with Gasteiger partial charge in [0.15, 0.2) is 0 Å². The Hall–Kier alpha value is -2.02. The zero-order valence-corrected chi connectivity index (χ0v) is 18.2. The Morgan fingerprint density at radius 3 is 1.93 bits per heavy atom. The molecule has 0 bridgehead atoms. The summed E-state index contributed by atoms with van der Waals surface area (Å²) < 4.78 is 0. The molecule has 0 radical (unpaired) electrons. The number of aromatic nitrogens is 1. The van der Waals surface area contributed by atoms with Crippen molar-refractivity contribution in [2.75, 3.05) is 0 Å². The molecule has 0 spiro atoms. The van der Waals surface area contributed by atoms with Crippen LogP contribution in [0.4, 0.5) is 0 Å². The Bertz CT molecular complexity index is 884. The van der Waals surface area contributed by atoms with Crippen LogP contribution in [0.25, 0.3) is 0 Å². The molecule has 0 aliphatic rings. The highest BCUT2D eigenvalue weighted by Crippen LogP contribution is 2.41. The Labute approximate surface area is 170 Å². The lowest BCUT2D eigenvalue weighted by atomic mass is 9.78. The standard InChI is InChI=1S/C21H25N3OS2/c1-20(2,3)15-8-13(9-16(17(15)25)21(4,5)6)7-14-10-24-19(27-12-23)18(14)26-11-22/h8-10,24-25H,7H2,1-6H3. The number of hydrogen-bond acceptors (Lipinski definition) is 5. The van der Waals surface area contributed by atoms with Crippen molar-refractivity contribution in [1.82, 2.24) is 4.98 Å². The van der Waals surface area contributed by atoms with Crippen molar-refractivity contribution in [3.63, 3.8) is 0 Å². The molecule has 0 saturated carbocycles. The van der Waals surface area contributed by atoms with Crippen molar-refractivity contribution in [1.29, 1.82) is 10.5 Å². The third-order valence-electron chi connectivity index (χ3n) is 4.35. The molecule has 0 aliphatic carbocycles. The summed E-state index contributed by atoms with van der Waals surface area (Å²) in [6, 6.07) is 4.10. The largest absolute Gasteiger partial charge is 0.507 e. The van der Waals surface area contributed by atoms with Gasteiger partial charge in [0, 0.05) is 24.4 Å². The smallest absolute Gasteiger partial charge is 0.140 e. The van der Waals surface area contributed by atoms with Gasteiger partial charge in [0.2, 0.25) is 0 Å². The molecule has 6 heteroatoms. The van der Waals surface area contributed by atoms with E-state index in [0.717, 1.165) is 50.7 Å². The Morgan fingerprint density at radius 2 is 1.48 bits per heavy atom. The molecule has 0 amide bonds. The summed E-state index contributed by atoms with van der Waals surface area (Å²) in [5.41, 5.74) is 3.51. The number of thiocyanates is 2. The fourth-order valence-electron chi connectivity index (χ4n) is 3.00. The molecule has 0 fully saturated rings. The van der Waals surface area contributed by atoms with Crippen LogP contribution in [-0.4, -0.2) is 10.1 Å². The number of H-pyrrole nitrogens is 1. The first kappa shape index (κ1) is 21.3. The monoisotopic (exact) mass is 399 g/mol. The normalized spacial score (nSPS) is 11.9. The van der Waals surface area contributed by atoms with Crippen LogP contribution < -0.4 is 0 Å². The van der Waals surface area contributed by atoms with E-state index in [9.17, 15) is 5.11 Å². The first-order valence-electron chi connectivity index (χ1n) is 8.68. The molecule has 2 aromatic rings. The quantitative estimate of drug-likeness (QED) is 0.483. The number of aromatic hydroxyl groups is 1. The zero-order chi connectivity index (χ0) is 20.4. The number of thioether (sulfide) groups is 2. The average molecular weight is 400 g/mol. The summed E-state index contributed by atoms with van der Waals surface area (Å²) in [6.45, 7) is 12.5. The van der Waals surface area contributed by atoms with Crippen molar-refractivity contribution in [3.05, 3.63) is 40.6 Å². The summed E-state index contributed by atoms with van der Waals surface area (Å²) in [5, 5.41) is 33.8. The third-order valence-corrected chi connectivity index (χ3v) is 5.86. The maximum atomic E-state index is 10.9. The maximum absolute atomic E-state index is 10.9. The number of benzene rings is 1. The topological polar surface area (TPSA) is 83.6 Å². The fraction of sp³-hybridized carbons (Fsp3) is 0.429. The van der Waals surface area contributed by atoms with E-state index in [0.29, 0.717) is 17.2 Å². The first-order chi connectivity index (χ1) is 12.5. The molecule has 0 aliphatic heterocycles. The van der Waals surface area contributed by atoms with Gasteiger partial charge in [0.25, 0.3) is 0 Å². The second-order valence-corrected chi connectivity index (χ2v) is 10.2. The van der Waals surface area contributed by atoms with E-state index < -0.39 is 0 Å². The van der Waals surface area contributed by atoms with Crippen LogP contribution in [0.1, 0.15) is 63.8 Å². The zero-order valence-electron chi connectivity index (χ0n) is 16.6. The molecule has 2 rings (SSSR count). The minimum absolute atomic E-state index is 0.190. The van der Waals surface area contributed by atoms with E-state index in [-0.39, 0.29) is 10.8 Å². The van der Waals surface area contributed by atoms with Gasteiger partial charge in [-0.15, -0.1) is 0 Å². The molecule has 27 heavy (non-hydrogen) atoms. The van der Waals surface area contributed by atoms with Crippen LogP contribution in [0.5, 0.6) is 5.75 Å². The predicted molar refractivity (Wildman–Crippen MR) is 112 cm³/mol. The van der Waals surface area contributed by atoms with Crippen LogP contribution >= 0.6 is 23.5 Å². The molecular formula is C21H25N3OS2. The molecule has 142 valence electrons. The number of nitrogens with zero attached hydrogens (tertiary/aromatic N) is 2. The molecule has 1 aromatic heterocycles. The van der Waals surface area contributed by atoms with Gasteiger partial charge in [-0.1, -0.05) is 53.7 Å². The van der Waals surface area contributed by atoms with Crippen LogP contribution in [0.15, 0.2) is 28.3 Å². The van der Waals surface area contributed by atoms with Gasteiger partial charge < -0.3 is 10.1 Å². The highest BCUT2D eigenvalue weighted by Gasteiger charge is 2.27. The van der Waals surface area contributed by atoms with E-state index in [4.69, 9.17) is 10.5 Å². The van der Waals surface area contributed by atoms with Gasteiger partial charge >= 0.3 is 0 Å². The van der Waals surface area contributed by atoms with E-state index in [1.165, 1.54) is 0 Å². The SMILES string of the molecule is CC(C)(C)c1cc(Cc2c[nH]c(SC#N)c2SC#N)cc(C(C)(C)C)c1O. The van der Waals surface area contributed by atoms with E-state index in [2.05, 4.69) is 69.5 Å². The summed E-state index contributed by atoms with van der Waals surface area (Å²) >= 11 is 2.10. The van der Waals surface area contributed by atoms with Gasteiger partial charge in [0.1, 0.15) is 21.6 Å². The number of aromatic amines is 1. The lowest BCUT2D eigenvalue weighted by Crippen LogP contribution is -2.18. The van der Waals surface area contributed by atoms with E-state index in [1.807, 2.05) is 6.20 Å². The Morgan fingerprint density at radius 1 is 0.963 bits per heavy atom. The van der Waals surface area contributed by atoms with Crippen molar-refractivity contribution in [3.8, 4) is 16.6 Å². The summed E-state index contributed by atoms with van der Waals surface area (Å²) in [6.07, 6.45) is 2.48. The molecule has 1 aromatic carbocycles. The lowest BCUT2D eigenvalue weighted by molar-refractivity contribution is 0.423. The number of rotatable bonds is 4. The predicted octanol–water partition coefficient (Wildman–Crippen LogP) is 6.05. The summed E-state index contributed by atoms with van der Waals surface area (Å²) in [5.74, 6) is 0.361. The molecule has 2 N–H and O–H groups in total. The number of phenols is 1. The van der Waals surface area contributed by atoms with Gasteiger partial charge in [0.05, 0.1) is 4.90 Å². The van der Waals surface area contributed by atoms with Crippen molar-refractivity contribution in [2.45, 2.75) is 68.7 Å². The molecular weight excluding hydrogens is 374 g/mol. The maximum Gasteiger partial charge on any atom is 0.140 e. The summed E-state index contributed by atoms with van der Waals surface area (Å²) in [4.78, 5) is 3.90.